The Morgan fingerprint density at radius 3 is 2.75 bits per heavy atom. The van der Waals surface area contributed by atoms with Gasteiger partial charge in [0.1, 0.15) is 0 Å². The van der Waals surface area contributed by atoms with Crippen LogP contribution >= 0.6 is 11.6 Å². The molecule has 0 fully saturated rings. The fourth-order valence-corrected chi connectivity index (χ4v) is 1.09. The van der Waals surface area contributed by atoms with Gasteiger partial charge < -0.3 is 4.85 Å². The molecule has 0 atom stereocenters. The SMILES string of the molecule is [C-]#[N+]CC(=O)c1ccccc1Cl. The maximum absolute atomic E-state index is 11.2. The summed E-state index contributed by atoms with van der Waals surface area (Å²) >= 11 is 5.73. The number of rotatable bonds is 2. The molecule has 0 unspecified atom stereocenters. The highest BCUT2D eigenvalue weighted by Crippen LogP contribution is 2.15. The molecule has 1 rings (SSSR count). The summed E-state index contributed by atoms with van der Waals surface area (Å²) in [5.41, 5.74) is 0.426. The van der Waals surface area contributed by atoms with Crippen LogP contribution in [0.25, 0.3) is 4.85 Å². The Bertz CT molecular complexity index is 341. The van der Waals surface area contributed by atoms with Gasteiger partial charge >= 0.3 is 0 Å². The van der Waals surface area contributed by atoms with Gasteiger partial charge in [-0.15, -0.1) is 0 Å². The highest BCUT2D eigenvalue weighted by Gasteiger charge is 2.10. The van der Waals surface area contributed by atoms with Gasteiger partial charge in [-0.3, -0.25) is 4.79 Å². The minimum Gasteiger partial charge on any atom is -0.308 e. The van der Waals surface area contributed by atoms with Crippen molar-refractivity contribution in [2.24, 2.45) is 0 Å². The van der Waals surface area contributed by atoms with Crippen LogP contribution in [0.5, 0.6) is 0 Å². The molecule has 0 N–H and O–H groups in total. The molecule has 0 aliphatic carbocycles. The van der Waals surface area contributed by atoms with E-state index in [2.05, 4.69) is 4.85 Å². The molecule has 3 heteroatoms. The van der Waals surface area contributed by atoms with E-state index in [0.717, 1.165) is 0 Å². The van der Waals surface area contributed by atoms with E-state index in [1.54, 1.807) is 24.3 Å². The number of halogens is 1. The first-order chi connectivity index (χ1) is 5.75. The number of nitrogens with zero attached hydrogens (tertiary/aromatic N) is 1. The van der Waals surface area contributed by atoms with Crippen molar-refractivity contribution in [3.63, 3.8) is 0 Å². The number of hydrogen-bond acceptors (Lipinski definition) is 1. The second-order valence-corrected chi connectivity index (χ2v) is 2.63. The molecule has 0 bridgehead atoms. The zero-order chi connectivity index (χ0) is 8.97. The van der Waals surface area contributed by atoms with E-state index in [1.807, 2.05) is 0 Å². The Kier molecular flexibility index (Phi) is 2.84. The summed E-state index contributed by atoms with van der Waals surface area (Å²) in [5.74, 6) is -0.226. The third-order valence-electron chi connectivity index (χ3n) is 1.40. The van der Waals surface area contributed by atoms with E-state index in [0.29, 0.717) is 10.6 Å². The fraction of sp³-hybridized carbons (Fsp3) is 0.111. The quantitative estimate of drug-likeness (QED) is 0.505. The first-order valence-corrected chi connectivity index (χ1v) is 3.74. The van der Waals surface area contributed by atoms with Crippen LogP contribution in [-0.2, 0) is 0 Å². The summed E-state index contributed by atoms with van der Waals surface area (Å²) in [4.78, 5) is 14.2. The van der Waals surface area contributed by atoms with E-state index in [9.17, 15) is 4.79 Å². The maximum Gasteiger partial charge on any atom is 0.276 e. The van der Waals surface area contributed by atoms with Gasteiger partial charge in [-0.25, -0.2) is 6.57 Å². The van der Waals surface area contributed by atoms with Crippen LogP contribution in [-0.4, -0.2) is 12.3 Å². The van der Waals surface area contributed by atoms with E-state index >= 15 is 0 Å². The number of carbonyl (C=O) groups excluding carboxylic acids is 1. The maximum atomic E-state index is 11.2. The lowest BCUT2D eigenvalue weighted by molar-refractivity contribution is 0.101. The number of hydrogen-bond donors (Lipinski definition) is 0. The van der Waals surface area contributed by atoms with Gasteiger partial charge in [0.25, 0.3) is 6.54 Å². The highest BCUT2D eigenvalue weighted by molar-refractivity contribution is 6.34. The molecule has 0 saturated heterocycles. The van der Waals surface area contributed by atoms with Crippen LogP contribution in [0.2, 0.25) is 5.02 Å². The number of ketones is 1. The average Bonchev–Trinajstić information content (AvgIpc) is 2.05. The molecular weight excluding hydrogens is 174 g/mol. The van der Waals surface area contributed by atoms with Crippen LogP contribution < -0.4 is 0 Å². The summed E-state index contributed by atoms with van der Waals surface area (Å²) < 4.78 is 0. The second-order valence-electron chi connectivity index (χ2n) is 2.22. The molecule has 0 aromatic heterocycles. The van der Waals surface area contributed by atoms with Crippen molar-refractivity contribution >= 4 is 17.4 Å². The Labute approximate surface area is 75.6 Å². The van der Waals surface area contributed by atoms with Gasteiger partial charge in [0.05, 0.1) is 5.02 Å². The van der Waals surface area contributed by atoms with Gasteiger partial charge in [0, 0.05) is 5.56 Å². The first kappa shape index (κ1) is 8.76. The van der Waals surface area contributed by atoms with Crippen molar-refractivity contribution in [1.29, 1.82) is 0 Å². The zero-order valence-electron chi connectivity index (χ0n) is 6.25. The monoisotopic (exact) mass is 179 g/mol. The van der Waals surface area contributed by atoms with Crippen molar-refractivity contribution in [2.45, 2.75) is 0 Å². The summed E-state index contributed by atoms with van der Waals surface area (Å²) in [6.45, 7) is 6.38. The lowest BCUT2D eigenvalue weighted by Gasteiger charge is -1.96. The minimum absolute atomic E-state index is 0.135. The smallest absolute Gasteiger partial charge is 0.276 e. The van der Waals surface area contributed by atoms with E-state index in [-0.39, 0.29) is 12.3 Å². The van der Waals surface area contributed by atoms with Gasteiger partial charge in [-0.1, -0.05) is 23.7 Å². The lowest BCUT2D eigenvalue weighted by Crippen LogP contribution is -2.01. The van der Waals surface area contributed by atoms with Gasteiger partial charge in [-0.05, 0) is 12.1 Å². The minimum atomic E-state index is -0.226. The van der Waals surface area contributed by atoms with Gasteiger partial charge in [-0.2, -0.15) is 0 Å². The molecule has 12 heavy (non-hydrogen) atoms. The molecular formula is C9H6ClNO. The molecule has 0 radical (unpaired) electrons. The van der Waals surface area contributed by atoms with Crippen molar-refractivity contribution < 1.29 is 4.79 Å². The molecule has 0 aliphatic heterocycles. The third-order valence-corrected chi connectivity index (χ3v) is 1.73. The molecule has 1 aromatic rings. The summed E-state index contributed by atoms with van der Waals surface area (Å²) in [7, 11) is 0. The first-order valence-electron chi connectivity index (χ1n) is 3.36. The predicted octanol–water partition coefficient (Wildman–Crippen LogP) is 2.44. The Morgan fingerprint density at radius 1 is 1.50 bits per heavy atom. The average molecular weight is 180 g/mol. The normalized spacial score (nSPS) is 9.00. The number of benzene rings is 1. The second kappa shape index (κ2) is 3.89. The van der Waals surface area contributed by atoms with E-state index in [4.69, 9.17) is 18.2 Å². The highest BCUT2D eigenvalue weighted by atomic mass is 35.5. The predicted molar refractivity (Wildman–Crippen MR) is 47.3 cm³/mol. The van der Waals surface area contributed by atoms with E-state index < -0.39 is 0 Å². The molecule has 0 aliphatic rings. The van der Waals surface area contributed by atoms with E-state index in [1.165, 1.54) is 0 Å². The van der Waals surface area contributed by atoms with Gasteiger partial charge in [0.2, 0.25) is 5.78 Å². The lowest BCUT2D eigenvalue weighted by atomic mass is 10.1. The standard InChI is InChI=1S/C9H6ClNO/c1-11-6-9(12)7-4-2-3-5-8(7)10/h2-5H,6H2. The summed E-state index contributed by atoms with van der Waals surface area (Å²) in [5, 5.41) is 0.408. The third kappa shape index (κ3) is 1.84. The molecule has 0 heterocycles. The van der Waals surface area contributed by atoms with Crippen LogP contribution in [0.3, 0.4) is 0 Å². The van der Waals surface area contributed by atoms with Crippen molar-refractivity contribution in [3.8, 4) is 0 Å². The molecule has 0 saturated carbocycles. The molecule has 60 valence electrons. The Morgan fingerprint density at radius 2 is 2.17 bits per heavy atom. The molecule has 0 amide bonds. The largest absolute Gasteiger partial charge is 0.308 e. The number of Topliss-reactive ketones (excluding diaryl/α,β-unsaturated/α-hetero) is 1. The van der Waals surface area contributed by atoms with Gasteiger partial charge in [0.15, 0.2) is 0 Å². The van der Waals surface area contributed by atoms with Crippen LogP contribution in [0.4, 0.5) is 0 Å². The molecule has 1 aromatic carbocycles. The summed E-state index contributed by atoms with van der Waals surface area (Å²) in [6, 6.07) is 6.73. The summed E-state index contributed by atoms with van der Waals surface area (Å²) in [6.07, 6.45) is 0. The van der Waals surface area contributed by atoms with Crippen LogP contribution in [0.1, 0.15) is 10.4 Å². The fourth-order valence-electron chi connectivity index (χ4n) is 0.844. The van der Waals surface area contributed by atoms with Crippen LogP contribution in [0, 0.1) is 6.57 Å². The Hall–Kier alpha value is -1.33. The zero-order valence-corrected chi connectivity index (χ0v) is 7.01. The molecule has 2 nitrogen and oxygen atoms in total. The van der Waals surface area contributed by atoms with Crippen molar-refractivity contribution in [3.05, 3.63) is 46.3 Å². The van der Waals surface area contributed by atoms with Crippen molar-refractivity contribution in [2.75, 3.05) is 6.54 Å². The Balaban J connectivity index is 2.97. The van der Waals surface area contributed by atoms with Crippen molar-refractivity contribution in [1.82, 2.24) is 0 Å². The molecule has 0 spiro atoms. The number of carbonyl (C=O) groups is 1. The topological polar surface area (TPSA) is 21.4 Å². The van der Waals surface area contributed by atoms with Crippen LogP contribution in [0.15, 0.2) is 24.3 Å².